The molecule has 2 atom stereocenters. The molecule has 19 heavy (non-hydrogen) atoms. The molecule has 0 aromatic heterocycles. The maximum atomic E-state index is 11.5. The number of piperazine rings is 1. The Labute approximate surface area is 112 Å². The van der Waals surface area contributed by atoms with Crippen LogP contribution in [0.4, 0.5) is 5.69 Å². The SMILES string of the molecule is CC1Oc2cc(C3CNCCN3C)ccc2NC1=O. The van der Waals surface area contributed by atoms with Crippen molar-refractivity contribution in [2.24, 2.45) is 0 Å². The van der Waals surface area contributed by atoms with E-state index in [0.717, 1.165) is 31.1 Å². The standard InChI is InChI=1S/C14H19N3O2/c1-9-14(18)16-11-4-3-10(7-13(11)19-9)12-8-15-5-6-17(12)2/h3-4,7,9,12,15H,5-6,8H2,1-2H3,(H,16,18). The Balaban J connectivity index is 1.89. The maximum Gasteiger partial charge on any atom is 0.265 e. The van der Waals surface area contributed by atoms with E-state index in [-0.39, 0.29) is 5.91 Å². The third-order valence-corrected chi connectivity index (χ3v) is 3.83. The normalized spacial score (nSPS) is 27.4. The summed E-state index contributed by atoms with van der Waals surface area (Å²) in [6, 6.07) is 6.39. The predicted octanol–water partition coefficient (Wildman–Crippen LogP) is 0.982. The van der Waals surface area contributed by atoms with E-state index in [2.05, 4.69) is 28.6 Å². The summed E-state index contributed by atoms with van der Waals surface area (Å²) >= 11 is 0. The summed E-state index contributed by atoms with van der Waals surface area (Å²) in [4.78, 5) is 13.9. The molecular weight excluding hydrogens is 242 g/mol. The highest BCUT2D eigenvalue weighted by Gasteiger charge is 2.26. The fourth-order valence-electron chi connectivity index (χ4n) is 2.60. The van der Waals surface area contributed by atoms with Gasteiger partial charge < -0.3 is 15.4 Å². The number of carbonyl (C=O) groups excluding carboxylic acids is 1. The van der Waals surface area contributed by atoms with Gasteiger partial charge in [0.15, 0.2) is 6.10 Å². The van der Waals surface area contributed by atoms with Crippen LogP contribution in [-0.4, -0.2) is 43.6 Å². The Morgan fingerprint density at radius 2 is 2.26 bits per heavy atom. The fraction of sp³-hybridized carbons (Fsp3) is 0.500. The molecule has 2 N–H and O–H groups in total. The molecule has 2 aliphatic rings. The molecular formula is C14H19N3O2. The van der Waals surface area contributed by atoms with E-state index >= 15 is 0 Å². The van der Waals surface area contributed by atoms with Crippen LogP contribution in [0.2, 0.25) is 0 Å². The van der Waals surface area contributed by atoms with Crippen molar-refractivity contribution in [3.05, 3.63) is 23.8 Å². The summed E-state index contributed by atoms with van der Waals surface area (Å²) in [5.74, 6) is 0.681. The van der Waals surface area contributed by atoms with Gasteiger partial charge in [0.2, 0.25) is 0 Å². The third kappa shape index (κ3) is 2.31. The minimum atomic E-state index is -0.426. The summed E-state index contributed by atoms with van der Waals surface area (Å²) in [5, 5.41) is 6.27. The van der Waals surface area contributed by atoms with Crippen LogP contribution in [0, 0.1) is 0 Å². The Morgan fingerprint density at radius 3 is 3.05 bits per heavy atom. The van der Waals surface area contributed by atoms with E-state index in [1.54, 1.807) is 6.92 Å². The first-order chi connectivity index (χ1) is 9.15. The lowest BCUT2D eigenvalue weighted by Crippen LogP contribution is -2.43. The monoisotopic (exact) mass is 261 g/mol. The van der Waals surface area contributed by atoms with Crippen molar-refractivity contribution in [1.29, 1.82) is 0 Å². The molecule has 2 aliphatic heterocycles. The maximum absolute atomic E-state index is 11.5. The van der Waals surface area contributed by atoms with Crippen LogP contribution in [0.3, 0.4) is 0 Å². The Kier molecular flexibility index (Phi) is 3.16. The molecule has 1 amide bonds. The fourth-order valence-corrected chi connectivity index (χ4v) is 2.60. The van der Waals surface area contributed by atoms with Crippen molar-refractivity contribution in [2.45, 2.75) is 19.1 Å². The number of nitrogens with one attached hydrogen (secondary N) is 2. The highest BCUT2D eigenvalue weighted by atomic mass is 16.5. The van der Waals surface area contributed by atoms with Crippen molar-refractivity contribution in [3.8, 4) is 5.75 Å². The first-order valence-corrected chi connectivity index (χ1v) is 6.67. The zero-order chi connectivity index (χ0) is 13.4. The average Bonchev–Trinajstić information content (AvgIpc) is 2.40. The van der Waals surface area contributed by atoms with E-state index in [9.17, 15) is 4.79 Å². The van der Waals surface area contributed by atoms with Crippen LogP contribution < -0.4 is 15.4 Å². The van der Waals surface area contributed by atoms with Crippen molar-refractivity contribution in [2.75, 3.05) is 32.0 Å². The van der Waals surface area contributed by atoms with Gasteiger partial charge in [-0.3, -0.25) is 9.69 Å². The molecule has 0 radical (unpaired) electrons. The second-order valence-electron chi connectivity index (χ2n) is 5.21. The van der Waals surface area contributed by atoms with Crippen LogP contribution in [0.25, 0.3) is 0 Å². The van der Waals surface area contributed by atoms with Gasteiger partial charge in [0.05, 0.1) is 5.69 Å². The van der Waals surface area contributed by atoms with Crippen molar-refractivity contribution < 1.29 is 9.53 Å². The molecule has 5 heteroatoms. The molecule has 0 aliphatic carbocycles. The van der Waals surface area contributed by atoms with E-state index in [4.69, 9.17) is 4.74 Å². The zero-order valence-electron chi connectivity index (χ0n) is 11.3. The quantitative estimate of drug-likeness (QED) is 0.791. The lowest BCUT2D eigenvalue weighted by molar-refractivity contribution is -0.122. The van der Waals surface area contributed by atoms with Crippen LogP contribution in [0.5, 0.6) is 5.75 Å². The Hall–Kier alpha value is -1.59. The second-order valence-corrected chi connectivity index (χ2v) is 5.21. The molecule has 1 aromatic carbocycles. The van der Waals surface area contributed by atoms with Gasteiger partial charge in [0, 0.05) is 25.7 Å². The lowest BCUT2D eigenvalue weighted by atomic mass is 10.0. The molecule has 1 saturated heterocycles. The molecule has 0 saturated carbocycles. The van der Waals surface area contributed by atoms with Gasteiger partial charge in [0.25, 0.3) is 5.91 Å². The highest BCUT2D eigenvalue weighted by molar-refractivity contribution is 5.97. The van der Waals surface area contributed by atoms with Gasteiger partial charge in [-0.1, -0.05) is 6.07 Å². The van der Waals surface area contributed by atoms with Crippen LogP contribution in [-0.2, 0) is 4.79 Å². The van der Waals surface area contributed by atoms with Gasteiger partial charge >= 0.3 is 0 Å². The van der Waals surface area contributed by atoms with Gasteiger partial charge in [0.1, 0.15) is 5.75 Å². The Bertz CT molecular complexity index is 503. The third-order valence-electron chi connectivity index (χ3n) is 3.83. The van der Waals surface area contributed by atoms with Gasteiger partial charge in [-0.25, -0.2) is 0 Å². The van der Waals surface area contributed by atoms with Crippen LogP contribution >= 0.6 is 0 Å². The summed E-state index contributed by atoms with van der Waals surface area (Å²) in [5.41, 5.74) is 1.98. The van der Waals surface area contributed by atoms with Crippen molar-refractivity contribution in [3.63, 3.8) is 0 Å². The molecule has 1 aromatic rings. The first-order valence-electron chi connectivity index (χ1n) is 6.67. The molecule has 5 nitrogen and oxygen atoms in total. The topological polar surface area (TPSA) is 53.6 Å². The number of ether oxygens (including phenoxy) is 1. The van der Waals surface area contributed by atoms with E-state index < -0.39 is 6.10 Å². The number of amides is 1. The highest BCUT2D eigenvalue weighted by Crippen LogP contribution is 2.33. The second kappa shape index (κ2) is 4.83. The van der Waals surface area contributed by atoms with E-state index in [1.165, 1.54) is 5.56 Å². The molecule has 0 bridgehead atoms. The number of hydrogen-bond acceptors (Lipinski definition) is 4. The summed E-state index contributed by atoms with van der Waals surface area (Å²) in [7, 11) is 2.14. The van der Waals surface area contributed by atoms with E-state index in [0.29, 0.717) is 6.04 Å². The minimum Gasteiger partial charge on any atom is -0.479 e. The van der Waals surface area contributed by atoms with Crippen molar-refractivity contribution >= 4 is 11.6 Å². The number of carbonyl (C=O) groups is 1. The number of anilines is 1. The lowest BCUT2D eigenvalue weighted by Gasteiger charge is -2.34. The smallest absolute Gasteiger partial charge is 0.265 e. The Morgan fingerprint density at radius 1 is 1.42 bits per heavy atom. The number of benzene rings is 1. The average molecular weight is 261 g/mol. The largest absolute Gasteiger partial charge is 0.479 e. The summed E-state index contributed by atoms with van der Waals surface area (Å²) in [6.07, 6.45) is -0.426. The summed E-state index contributed by atoms with van der Waals surface area (Å²) in [6.45, 7) is 4.77. The molecule has 0 spiro atoms. The minimum absolute atomic E-state index is 0.0864. The molecule has 1 fully saturated rings. The van der Waals surface area contributed by atoms with Crippen LogP contribution in [0.1, 0.15) is 18.5 Å². The van der Waals surface area contributed by atoms with E-state index in [1.807, 2.05) is 12.1 Å². The molecule has 2 unspecified atom stereocenters. The number of rotatable bonds is 1. The molecule has 2 heterocycles. The number of fused-ring (bicyclic) bond motifs is 1. The number of likely N-dealkylation sites (N-methyl/N-ethyl adjacent to an activating group) is 1. The van der Waals surface area contributed by atoms with Gasteiger partial charge in [-0.05, 0) is 31.7 Å². The zero-order valence-corrected chi connectivity index (χ0v) is 11.3. The van der Waals surface area contributed by atoms with Gasteiger partial charge in [-0.2, -0.15) is 0 Å². The summed E-state index contributed by atoms with van der Waals surface area (Å²) < 4.78 is 5.66. The molecule has 102 valence electrons. The van der Waals surface area contributed by atoms with Crippen LogP contribution in [0.15, 0.2) is 18.2 Å². The first kappa shape index (κ1) is 12.4. The predicted molar refractivity (Wildman–Crippen MR) is 73.4 cm³/mol. The number of hydrogen-bond donors (Lipinski definition) is 2. The van der Waals surface area contributed by atoms with Crippen molar-refractivity contribution in [1.82, 2.24) is 10.2 Å². The van der Waals surface area contributed by atoms with Gasteiger partial charge in [-0.15, -0.1) is 0 Å². The number of nitrogens with zero attached hydrogens (tertiary/aromatic N) is 1. The molecule has 3 rings (SSSR count).